The molecule has 0 unspecified atom stereocenters. The zero-order valence-corrected chi connectivity index (χ0v) is 9.17. The number of fused-ring (bicyclic) bond motifs is 1. The Bertz CT molecular complexity index is 597. The molecule has 3 aromatic rings. The van der Waals surface area contributed by atoms with Gasteiger partial charge in [-0.25, -0.2) is 9.97 Å². The molecule has 6 nitrogen and oxygen atoms in total. The van der Waals surface area contributed by atoms with Crippen LogP contribution in [-0.2, 0) is 6.54 Å². The van der Waals surface area contributed by atoms with Gasteiger partial charge in [0.25, 0.3) is 0 Å². The van der Waals surface area contributed by atoms with E-state index in [4.69, 9.17) is 0 Å². The van der Waals surface area contributed by atoms with Gasteiger partial charge in [0.05, 0.1) is 11.9 Å². The summed E-state index contributed by atoms with van der Waals surface area (Å²) >= 11 is 0. The van der Waals surface area contributed by atoms with Crippen molar-refractivity contribution in [3.63, 3.8) is 0 Å². The highest BCUT2D eigenvalue weighted by Gasteiger charge is 2.02. The molecule has 0 saturated heterocycles. The Morgan fingerprint density at radius 3 is 3.24 bits per heavy atom. The van der Waals surface area contributed by atoms with Crippen molar-refractivity contribution in [2.45, 2.75) is 6.54 Å². The number of H-pyrrole nitrogens is 1. The molecule has 0 bridgehead atoms. The Labute approximate surface area is 97.7 Å². The number of rotatable bonds is 4. The van der Waals surface area contributed by atoms with Crippen LogP contribution < -0.4 is 5.32 Å². The van der Waals surface area contributed by atoms with Crippen LogP contribution in [0.1, 0.15) is 0 Å². The van der Waals surface area contributed by atoms with Gasteiger partial charge in [0, 0.05) is 25.1 Å². The molecule has 0 radical (unpaired) electrons. The lowest BCUT2D eigenvalue weighted by atomic mass is 10.4. The first-order valence-electron chi connectivity index (χ1n) is 5.43. The number of aromatic nitrogens is 5. The fourth-order valence-corrected chi connectivity index (χ4v) is 1.73. The molecule has 0 aliphatic heterocycles. The summed E-state index contributed by atoms with van der Waals surface area (Å²) in [5, 5.41) is 8.42. The van der Waals surface area contributed by atoms with Crippen molar-refractivity contribution < 1.29 is 0 Å². The number of nitrogens with zero attached hydrogens (tertiary/aromatic N) is 4. The molecular weight excluding hydrogens is 216 g/mol. The lowest BCUT2D eigenvalue weighted by molar-refractivity contribution is 0.637. The van der Waals surface area contributed by atoms with Crippen LogP contribution in [0.2, 0.25) is 0 Å². The molecule has 0 aliphatic rings. The summed E-state index contributed by atoms with van der Waals surface area (Å²) in [6.45, 7) is 1.59. The first-order chi connectivity index (χ1) is 8.43. The maximum Gasteiger partial charge on any atom is 0.142 e. The highest BCUT2D eigenvalue weighted by molar-refractivity contribution is 5.86. The molecular formula is C11H12N6. The summed E-state index contributed by atoms with van der Waals surface area (Å²) in [7, 11) is 0. The van der Waals surface area contributed by atoms with Crippen LogP contribution in [0.5, 0.6) is 0 Å². The van der Waals surface area contributed by atoms with Gasteiger partial charge >= 0.3 is 0 Å². The van der Waals surface area contributed by atoms with Gasteiger partial charge in [-0.3, -0.25) is 4.68 Å². The number of aromatic amines is 1. The van der Waals surface area contributed by atoms with Gasteiger partial charge in [0.1, 0.15) is 17.8 Å². The lowest BCUT2D eigenvalue weighted by Crippen LogP contribution is -2.11. The molecule has 0 atom stereocenters. The average Bonchev–Trinajstić information content (AvgIpc) is 2.99. The smallest absolute Gasteiger partial charge is 0.142 e. The average molecular weight is 228 g/mol. The Morgan fingerprint density at radius 1 is 1.35 bits per heavy atom. The van der Waals surface area contributed by atoms with Gasteiger partial charge in [0.15, 0.2) is 0 Å². The fourth-order valence-electron chi connectivity index (χ4n) is 1.73. The molecule has 3 aromatic heterocycles. The van der Waals surface area contributed by atoms with Crippen LogP contribution in [0.4, 0.5) is 5.82 Å². The lowest BCUT2D eigenvalue weighted by Gasteiger charge is -2.06. The maximum absolute atomic E-state index is 4.23. The fraction of sp³-hybridized carbons (Fsp3) is 0.182. The predicted octanol–water partition coefficient (Wildman–Crippen LogP) is 1.27. The molecule has 17 heavy (non-hydrogen) atoms. The van der Waals surface area contributed by atoms with Crippen LogP contribution in [0.25, 0.3) is 11.0 Å². The summed E-state index contributed by atoms with van der Waals surface area (Å²) in [5.41, 5.74) is 0.849. The third-order valence-corrected chi connectivity index (χ3v) is 2.55. The monoisotopic (exact) mass is 228 g/mol. The Morgan fingerprint density at radius 2 is 2.35 bits per heavy atom. The topological polar surface area (TPSA) is 71.4 Å². The van der Waals surface area contributed by atoms with Gasteiger partial charge in [-0.2, -0.15) is 5.10 Å². The van der Waals surface area contributed by atoms with E-state index in [1.807, 2.05) is 29.2 Å². The van der Waals surface area contributed by atoms with E-state index in [0.717, 1.165) is 29.9 Å². The van der Waals surface area contributed by atoms with Gasteiger partial charge < -0.3 is 10.3 Å². The summed E-state index contributed by atoms with van der Waals surface area (Å²) in [5.74, 6) is 0.850. The molecule has 86 valence electrons. The first kappa shape index (κ1) is 9.83. The van der Waals surface area contributed by atoms with Crippen LogP contribution in [0, 0.1) is 0 Å². The number of hydrogen-bond donors (Lipinski definition) is 2. The molecule has 3 rings (SSSR count). The Hall–Kier alpha value is -2.37. The second-order valence-electron chi connectivity index (χ2n) is 3.66. The molecule has 2 N–H and O–H groups in total. The van der Waals surface area contributed by atoms with Crippen LogP contribution in [-0.4, -0.2) is 31.3 Å². The van der Waals surface area contributed by atoms with Crippen molar-refractivity contribution >= 4 is 16.9 Å². The van der Waals surface area contributed by atoms with E-state index in [-0.39, 0.29) is 0 Å². The number of hydrogen-bond acceptors (Lipinski definition) is 4. The molecule has 0 saturated carbocycles. The molecule has 3 heterocycles. The van der Waals surface area contributed by atoms with Gasteiger partial charge in [-0.05, 0) is 12.1 Å². The van der Waals surface area contributed by atoms with E-state index in [9.17, 15) is 0 Å². The Kier molecular flexibility index (Phi) is 2.45. The van der Waals surface area contributed by atoms with Crippen molar-refractivity contribution in [2.24, 2.45) is 0 Å². The highest BCUT2D eigenvalue weighted by atomic mass is 15.3. The summed E-state index contributed by atoms with van der Waals surface area (Å²) in [6, 6.07) is 3.88. The number of nitrogens with one attached hydrogen (secondary N) is 2. The minimum absolute atomic E-state index is 0.777. The predicted molar refractivity (Wildman–Crippen MR) is 64.6 cm³/mol. The largest absolute Gasteiger partial charge is 0.368 e. The van der Waals surface area contributed by atoms with Crippen LogP contribution in [0.3, 0.4) is 0 Å². The second-order valence-corrected chi connectivity index (χ2v) is 3.66. The number of anilines is 1. The van der Waals surface area contributed by atoms with Crippen molar-refractivity contribution in [3.8, 4) is 0 Å². The van der Waals surface area contributed by atoms with Crippen molar-refractivity contribution in [1.29, 1.82) is 0 Å². The van der Waals surface area contributed by atoms with E-state index < -0.39 is 0 Å². The van der Waals surface area contributed by atoms with Gasteiger partial charge in [-0.1, -0.05) is 0 Å². The molecule has 0 fully saturated rings. The first-order valence-corrected chi connectivity index (χ1v) is 5.43. The van der Waals surface area contributed by atoms with E-state index in [2.05, 4.69) is 25.4 Å². The zero-order valence-electron chi connectivity index (χ0n) is 9.17. The second kappa shape index (κ2) is 4.25. The third kappa shape index (κ3) is 1.96. The van der Waals surface area contributed by atoms with Crippen molar-refractivity contribution in [1.82, 2.24) is 24.7 Å². The van der Waals surface area contributed by atoms with Crippen molar-refractivity contribution in [3.05, 3.63) is 37.1 Å². The molecule has 0 amide bonds. The maximum atomic E-state index is 4.23. The molecule has 0 spiro atoms. The minimum Gasteiger partial charge on any atom is -0.368 e. The standard InChI is InChI=1S/C11H12N6/c1-3-16-17(6-1)7-5-13-11-9-2-4-12-10(9)14-8-15-11/h1-4,6,8H,5,7H2,(H2,12,13,14,15). The van der Waals surface area contributed by atoms with E-state index in [0.29, 0.717) is 0 Å². The molecule has 0 aliphatic carbocycles. The van der Waals surface area contributed by atoms with Crippen LogP contribution >= 0.6 is 0 Å². The van der Waals surface area contributed by atoms with Gasteiger partial charge in [0.2, 0.25) is 0 Å². The molecule has 6 heteroatoms. The quantitative estimate of drug-likeness (QED) is 0.705. The molecule has 0 aromatic carbocycles. The summed E-state index contributed by atoms with van der Waals surface area (Å²) < 4.78 is 1.88. The van der Waals surface area contributed by atoms with E-state index in [1.165, 1.54) is 0 Å². The highest BCUT2D eigenvalue weighted by Crippen LogP contribution is 2.16. The van der Waals surface area contributed by atoms with Crippen LogP contribution in [0.15, 0.2) is 37.1 Å². The van der Waals surface area contributed by atoms with Crippen molar-refractivity contribution in [2.75, 3.05) is 11.9 Å². The summed E-state index contributed by atoms with van der Waals surface area (Å²) in [6.07, 6.45) is 7.12. The Balaban J connectivity index is 1.70. The van der Waals surface area contributed by atoms with E-state index in [1.54, 1.807) is 12.5 Å². The normalized spacial score (nSPS) is 10.8. The third-order valence-electron chi connectivity index (χ3n) is 2.55. The van der Waals surface area contributed by atoms with E-state index >= 15 is 0 Å². The minimum atomic E-state index is 0.777. The zero-order chi connectivity index (χ0) is 11.5. The SMILES string of the molecule is c1cnn(CCNc2ncnc3[nH]ccc23)c1. The summed E-state index contributed by atoms with van der Waals surface area (Å²) in [4.78, 5) is 11.4. The van der Waals surface area contributed by atoms with Gasteiger partial charge in [-0.15, -0.1) is 0 Å².